The highest BCUT2D eigenvalue weighted by Gasteiger charge is 2.31. The van der Waals surface area contributed by atoms with Gasteiger partial charge in [-0.05, 0) is 55.4 Å². The highest BCUT2D eigenvalue weighted by molar-refractivity contribution is 5.91. The number of nitrogens with zero attached hydrogens (tertiary/aromatic N) is 4. The minimum absolute atomic E-state index is 0.0257. The number of aliphatic imine (C=N–C) groups is 1. The van der Waals surface area contributed by atoms with Crippen molar-refractivity contribution in [2.24, 2.45) is 10.9 Å². The molecule has 12 heteroatoms. The lowest BCUT2D eigenvalue weighted by Gasteiger charge is -2.34. The molecule has 2 aromatic heterocycles. The van der Waals surface area contributed by atoms with Crippen LogP contribution in [-0.4, -0.2) is 74.7 Å². The first-order valence-corrected chi connectivity index (χ1v) is 14.2. The summed E-state index contributed by atoms with van der Waals surface area (Å²) in [6, 6.07) is 7.02. The predicted octanol–water partition coefficient (Wildman–Crippen LogP) is 3.30. The summed E-state index contributed by atoms with van der Waals surface area (Å²) >= 11 is 0. The van der Waals surface area contributed by atoms with Crippen LogP contribution < -0.4 is 16.3 Å². The molecule has 10 nitrogen and oxygen atoms in total. The van der Waals surface area contributed by atoms with Crippen LogP contribution in [0.4, 0.5) is 13.6 Å². The summed E-state index contributed by atoms with van der Waals surface area (Å²) < 4.78 is 30.2. The zero-order valence-corrected chi connectivity index (χ0v) is 23.3. The van der Waals surface area contributed by atoms with E-state index in [9.17, 15) is 23.5 Å². The normalized spacial score (nSPS) is 21.0. The van der Waals surface area contributed by atoms with Gasteiger partial charge in [0.1, 0.15) is 5.84 Å². The molecule has 2 aliphatic rings. The van der Waals surface area contributed by atoms with Crippen molar-refractivity contribution in [2.75, 3.05) is 26.2 Å². The predicted molar refractivity (Wildman–Crippen MR) is 152 cm³/mol. The van der Waals surface area contributed by atoms with E-state index in [2.05, 4.69) is 25.6 Å². The summed E-state index contributed by atoms with van der Waals surface area (Å²) in [4.78, 5) is 39.4. The number of carbonyl (C=O) groups is 1. The Balaban J connectivity index is 1.26. The molecular formula is C29H37F2N7O3. The zero-order valence-electron chi connectivity index (χ0n) is 23.3. The summed E-state index contributed by atoms with van der Waals surface area (Å²) in [6.45, 7) is 5.23. The van der Waals surface area contributed by atoms with E-state index in [1.54, 1.807) is 27.8 Å². The Kier molecular flexibility index (Phi) is 8.67. The molecule has 0 radical (unpaired) electrons. The molecule has 220 valence electrons. The third-order valence-electron chi connectivity index (χ3n) is 8.20. The molecule has 1 fully saturated rings. The van der Waals surface area contributed by atoms with Gasteiger partial charge < -0.3 is 20.6 Å². The molecule has 0 spiro atoms. The van der Waals surface area contributed by atoms with Crippen LogP contribution in [0.1, 0.15) is 57.1 Å². The van der Waals surface area contributed by atoms with E-state index < -0.39 is 23.8 Å². The number of pyridine rings is 1. The maximum Gasteiger partial charge on any atom is 0.327 e. The molecule has 4 heterocycles. The molecule has 0 aliphatic carbocycles. The van der Waals surface area contributed by atoms with E-state index in [0.29, 0.717) is 50.3 Å². The number of hydrogen-bond donors (Lipinski definition) is 4. The Morgan fingerprint density at radius 3 is 2.68 bits per heavy atom. The summed E-state index contributed by atoms with van der Waals surface area (Å²) in [5.41, 5.74) is 1.36. The fraction of sp³-hybridized carbons (Fsp3) is 0.517. The Morgan fingerprint density at radius 1 is 1.15 bits per heavy atom. The standard InChI is InChI=1S/C29H37F2N7O3/c1-17(2)24(39)16-34-26-22(9-8-18(15-33-26)20-5-3-6-21(30)25(20)31)35-28(40)37-13-10-19(11-14-37)38-23-7-4-12-32-27(23)36-29(38)41/h3-7,12,17-19,22,24,39H,8-11,13-16H2,1-2H3,(H,33,34)(H,35,40)(H,32,36,41)/t18-,22-,24?/m1/s1. The number of hydrogen-bond acceptors (Lipinski definition) is 6. The molecule has 2 amide bonds. The van der Waals surface area contributed by atoms with Crippen molar-refractivity contribution in [2.45, 2.75) is 63.6 Å². The average Bonchev–Trinajstić information content (AvgIpc) is 3.17. The number of amides is 2. The largest absolute Gasteiger partial charge is 0.391 e. The Hall–Kier alpha value is -3.80. The quantitative estimate of drug-likeness (QED) is 0.362. The molecule has 1 aromatic carbocycles. The van der Waals surface area contributed by atoms with Crippen molar-refractivity contribution < 1.29 is 18.7 Å². The number of piperidine rings is 1. The molecule has 41 heavy (non-hydrogen) atoms. The maximum atomic E-state index is 14.6. The van der Waals surface area contributed by atoms with Gasteiger partial charge in [0.05, 0.1) is 17.7 Å². The fourth-order valence-corrected chi connectivity index (χ4v) is 5.66. The van der Waals surface area contributed by atoms with Gasteiger partial charge in [-0.2, -0.15) is 0 Å². The lowest BCUT2D eigenvalue weighted by molar-refractivity contribution is 0.128. The van der Waals surface area contributed by atoms with Gasteiger partial charge in [-0.25, -0.2) is 23.4 Å². The highest BCUT2D eigenvalue weighted by atomic mass is 19.2. The lowest BCUT2D eigenvalue weighted by atomic mass is 9.92. The Labute approximate surface area is 236 Å². The number of carbonyl (C=O) groups excluding carboxylic acids is 1. The second-order valence-corrected chi connectivity index (χ2v) is 11.2. The van der Waals surface area contributed by atoms with E-state index in [4.69, 9.17) is 0 Å². The minimum Gasteiger partial charge on any atom is -0.391 e. The minimum atomic E-state index is -0.895. The molecule has 3 aromatic rings. The summed E-state index contributed by atoms with van der Waals surface area (Å²) in [5.74, 6) is -1.57. The van der Waals surface area contributed by atoms with Crippen molar-refractivity contribution in [3.63, 3.8) is 0 Å². The molecule has 5 rings (SSSR count). The number of aliphatic hydroxyl groups is 1. The first-order valence-electron chi connectivity index (χ1n) is 14.2. The number of aromatic nitrogens is 3. The van der Waals surface area contributed by atoms with Crippen LogP contribution in [0.2, 0.25) is 0 Å². The molecule has 2 aliphatic heterocycles. The van der Waals surface area contributed by atoms with Crippen LogP contribution in [-0.2, 0) is 0 Å². The number of amidine groups is 1. The van der Waals surface area contributed by atoms with Crippen molar-refractivity contribution >= 4 is 23.0 Å². The number of urea groups is 1. The fourth-order valence-electron chi connectivity index (χ4n) is 5.66. The number of halogens is 2. The molecular weight excluding hydrogens is 532 g/mol. The number of likely N-dealkylation sites (tertiary alicyclic amines) is 1. The summed E-state index contributed by atoms with van der Waals surface area (Å²) in [6.07, 6.45) is 3.20. The van der Waals surface area contributed by atoms with Gasteiger partial charge in [0.25, 0.3) is 0 Å². The number of aliphatic hydroxyl groups excluding tert-OH is 1. The second-order valence-electron chi connectivity index (χ2n) is 11.2. The number of benzene rings is 1. The van der Waals surface area contributed by atoms with E-state index in [0.717, 1.165) is 11.6 Å². The van der Waals surface area contributed by atoms with Gasteiger partial charge in [-0.1, -0.05) is 26.0 Å². The van der Waals surface area contributed by atoms with E-state index >= 15 is 0 Å². The smallest absolute Gasteiger partial charge is 0.327 e. The number of nitrogens with one attached hydrogen (secondary N) is 3. The van der Waals surface area contributed by atoms with Crippen molar-refractivity contribution in [1.29, 1.82) is 0 Å². The van der Waals surface area contributed by atoms with E-state index in [-0.39, 0.29) is 48.3 Å². The van der Waals surface area contributed by atoms with Crippen LogP contribution in [0.25, 0.3) is 11.2 Å². The molecule has 4 N–H and O–H groups in total. The molecule has 1 unspecified atom stereocenters. The SMILES string of the molecule is CC(C)C(O)CNC1=NC[C@H](c2cccc(F)c2F)CC[C@H]1NC(=O)N1CCC(n2c(=O)[nH]c3ncccc32)CC1. The number of H-pyrrole nitrogens is 1. The molecule has 3 atom stereocenters. The average molecular weight is 570 g/mol. The van der Waals surface area contributed by atoms with Gasteiger partial charge >= 0.3 is 11.7 Å². The van der Waals surface area contributed by atoms with Gasteiger partial charge in [0.15, 0.2) is 17.3 Å². The molecule has 1 saturated heterocycles. The summed E-state index contributed by atoms with van der Waals surface area (Å²) in [5, 5.41) is 16.6. The maximum absolute atomic E-state index is 14.6. The number of fused-ring (bicyclic) bond motifs is 1. The highest BCUT2D eigenvalue weighted by Crippen LogP contribution is 2.29. The van der Waals surface area contributed by atoms with Crippen molar-refractivity contribution in [3.8, 4) is 0 Å². The molecule has 0 saturated carbocycles. The van der Waals surface area contributed by atoms with Gasteiger partial charge in [-0.15, -0.1) is 0 Å². The number of aromatic amines is 1. The van der Waals surface area contributed by atoms with Gasteiger partial charge in [-0.3, -0.25) is 14.5 Å². The van der Waals surface area contributed by atoms with Crippen LogP contribution >= 0.6 is 0 Å². The van der Waals surface area contributed by atoms with Crippen LogP contribution in [0.3, 0.4) is 0 Å². The lowest BCUT2D eigenvalue weighted by Crippen LogP contribution is -2.53. The number of imidazole rings is 1. The second kappa shape index (κ2) is 12.4. The third kappa shape index (κ3) is 6.27. The summed E-state index contributed by atoms with van der Waals surface area (Å²) in [7, 11) is 0. The zero-order chi connectivity index (χ0) is 29.1. The third-order valence-corrected chi connectivity index (χ3v) is 8.20. The Bertz CT molecular complexity index is 1460. The monoisotopic (exact) mass is 569 g/mol. The van der Waals surface area contributed by atoms with E-state index in [1.807, 2.05) is 19.9 Å². The first kappa shape index (κ1) is 28.7. The molecule has 0 bridgehead atoms. The topological polar surface area (TPSA) is 128 Å². The van der Waals surface area contributed by atoms with E-state index in [1.165, 1.54) is 6.07 Å². The van der Waals surface area contributed by atoms with Crippen molar-refractivity contribution in [1.82, 2.24) is 30.1 Å². The van der Waals surface area contributed by atoms with Crippen LogP contribution in [0, 0.1) is 17.6 Å². The van der Waals surface area contributed by atoms with Crippen molar-refractivity contribution in [3.05, 3.63) is 64.2 Å². The van der Waals surface area contributed by atoms with Crippen LogP contribution in [0.5, 0.6) is 0 Å². The Morgan fingerprint density at radius 2 is 1.93 bits per heavy atom. The van der Waals surface area contributed by atoms with Gasteiger partial charge in [0.2, 0.25) is 0 Å². The first-order chi connectivity index (χ1) is 19.7. The van der Waals surface area contributed by atoms with Crippen LogP contribution in [0.15, 0.2) is 46.3 Å². The van der Waals surface area contributed by atoms with Gasteiger partial charge in [0, 0.05) is 44.3 Å². The number of rotatable bonds is 6.